The number of hydrogen-bond donors (Lipinski definition) is 2. The normalized spacial score (nSPS) is 31.6. The van der Waals surface area contributed by atoms with Crippen LogP contribution in [0.3, 0.4) is 0 Å². The van der Waals surface area contributed by atoms with E-state index in [2.05, 4.69) is 29.4 Å². The number of ether oxygens (including phenoxy) is 2. The van der Waals surface area contributed by atoms with Crippen molar-refractivity contribution in [2.45, 2.75) is 45.0 Å². The van der Waals surface area contributed by atoms with Crippen LogP contribution in [0.5, 0.6) is 0 Å². The van der Waals surface area contributed by atoms with Gasteiger partial charge in [-0.25, -0.2) is 0 Å². The Bertz CT molecular complexity index is 321. The summed E-state index contributed by atoms with van der Waals surface area (Å²) in [7, 11) is 0. The molecule has 2 aliphatic heterocycles. The predicted octanol–water partition coefficient (Wildman–Crippen LogP) is -0.411. The van der Waals surface area contributed by atoms with E-state index in [9.17, 15) is 4.79 Å². The number of nitrogens with zero attached hydrogens (tertiary/aromatic N) is 1. The van der Waals surface area contributed by atoms with Crippen LogP contribution in [-0.2, 0) is 14.3 Å². The molecule has 4 atom stereocenters. The fraction of sp³-hybridized carbons (Fsp3) is 0.929. The SMILES string of the molecule is CC(NC(=O)[C@H]1NCCO[C@@H]1C)C(C)N1CCOCC1. The minimum Gasteiger partial charge on any atom is -0.379 e. The first-order valence-corrected chi connectivity index (χ1v) is 7.56. The molecule has 1 amide bonds. The van der Waals surface area contributed by atoms with Gasteiger partial charge in [-0.3, -0.25) is 9.69 Å². The Hall–Kier alpha value is -0.690. The third-order valence-corrected chi connectivity index (χ3v) is 4.31. The molecule has 0 saturated carbocycles. The molecule has 116 valence electrons. The molecule has 20 heavy (non-hydrogen) atoms. The molecule has 0 aromatic heterocycles. The van der Waals surface area contributed by atoms with Crippen molar-refractivity contribution in [1.82, 2.24) is 15.5 Å². The molecule has 2 aliphatic rings. The van der Waals surface area contributed by atoms with Crippen LogP contribution < -0.4 is 10.6 Å². The van der Waals surface area contributed by atoms with Crippen LogP contribution in [0.15, 0.2) is 0 Å². The van der Waals surface area contributed by atoms with Crippen LogP contribution in [-0.4, -0.2) is 74.5 Å². The van der Waals surface area contributed by atoms with Crippen LogP contribution in [0.1, 0.15) is 20.8 Å². The number of nitrogens with one attached hydrogen (secondary N) is 2. The quantitative estimate of drug-likeness (QED) is 0.735. The third-order valence-electron chi connectivity index (χ3n) is 4.31. The predicted molar refractivity (Wildman–Crippen MR) is 76.7 cm³/mol. The zero-order valence-corrected chi connectivity index (χ0v) is 12.7. The van der Waals surface area contributed by atoms with E-state index in [0.717, 1.165) is 32.8 Å². The van der Waals surface area contributed by atoms with Gasteiger partial charge >= 0.3 is 0 Å². The average Bonchev–Trinajstić information content (AvgIpc) is 2.47. The van der Waals surface area contributed by atoms with Gasteiger partial charge in [-0.15, -0.1) is 0 Å². The van der Waals surface area contributed by atoms with E-state index >= 15 is 0 Å². The van der Waals surface area contributed by atoms with Crippen molar-refractivity contribution in [2.24, 2.45) is 0 Å². The standard InChI is InChI=1S/C14H27N3O3/c1-10(11(2)17-5-8-19-9-6-17)16-14(18)13-12(3)20-7-4-15-13/h10-13,15H,4-9H2,1-3H3,(H,16,18)/t10?,11?,12-,13+/m1/s1. The summed E-state index contributed by atoms with van der Waals surface area (Å²) < 4.78 is 10.9. The van der Waals surface area contributed by atoms with Gasteiger partial charge in [0.2, 0.25) is 5.91 Å². The number of carbonyl (C=O) groups excluding carboxylic acids is 1. The maximum atomic E-state index is 12.3. The van der Waals surface area contributed by atoms with Crippen molar-refractivity contribution in [2.75, 3.05) is 39.5 Å². The lowest BCUT2D eigenvalue weighted by Crippen LogP contribution is -2.59. The summed E-state index contributed by atoms with van der Waals surface area (Å²) in [6, 6.07) is 0.169. The van der Waals surface area contributed by atoms with E-state index in [-0.39, 0.29) is 24.1 Å². The summed E-state index contributed by atoms with van der Waals surface area (Å²) in [4.78, 5) is 14.7. The minimum absolute atomic E-state index is 0.0322. The smallest absolute Gasteiger partial charge is 0.240 e. The van der Waals surface area contributed by atoms with Crippen LogP contribution in [0, 0.1) is 0 Å². The third kappa shape index (κ3) is 3.91. The summed E-state index contributed by atoms with van der Waals surface area (Å²) in [6.07, 6.45) is -0.0744. The molecular weight excluding hydrogens is 258 g/mol. The zero-order chi connectivity index (χ0) is 14.5. The van der Waals surface area contributed by atoms with Gasteiger partial charge in [0.1, 0.15) is 6.04 Å². The number of hydrogen-bond acceptors (Lipinski definition) is 5. The van der Waals surface area contributed by atoms with Gasteiger partial charge in [0, 0.05) is 31.7 Å². The number of rotatable bonds is 4. The van der Waals surface area contributed by atoms with E-state index in [1.54, 1.807) is 0 Å². The minimum atomic E-state index is -0.247. The van der Waals surface area contributed by atoms with E-state index < -0.39 is 0 Å². The highest BCUT2D eigenvalue weighted by Gasteiger charge is 2.31. The van der Waals surface area contributed by atoms with Gasteiger partial charge in [-0.1, -0.05) is 0 Å². The highest BCUT2D eigenvalue weighted by molar-refractivity contribution is 5.82. The van der Waals surface area contributed by atoms with Gasteiger partial charge in [-0.2, -0.15) is 0 Å². The first-order chi connectivity index (χ1) is 9.59. The Morgan fingerprint density at radius 2 is 2.00 bits per heavy atom. The van der Waals surface area contributed by atoms with Gasteiger partial charge < -0.3 is 20.1 Å². The summed E-state index contributed by atoms with van der Waals surface area (Å²) in [5.41, 5.74) is 0. The molecule has 2 unspecified atom stereocenters. The maximum absolute atomic E-state index is 12.3. The fourth-order valence-corrected chi connectivity index (χ4v) is 2.76. The monoisotopic (exact) mass is 285 g/mol. The van der Waals surface area contributed by atoms with Gasteiger partial charge in [-0.05, 0) is 20.8 Å². The van der Waals surface area contributed by atoms with Crippen LogP contribution in [0.2, 0.25) is 0 Å². The highest BCUT2D eigenvalue weighted by atomic mass is 16.5. The van der Waals surface area contributed by atoms with Crippen LogP contribution >= 0.6 is 0 Å². The molecule has 2 rings (SSSR count). The van der Waals surface area contributed by atoms with Gasteiger partial charge in [0.15, 0.2) is 0 Å². The average molecular weight is 285 g/mol. The first-order valence-electron chi connectivity index (χ1n) is 7.56. The highest BCUT2D eigenvalue weighted by Crippen LogP contribution is 2.09. The van der Waals surface area contributed by atoms with Gasteiger partial charge in [0.05, 0.1) is 25.9 Å². The zero-order valence-electron chi connectivity index (χ0n) is 12.7. The second kappa shape index (κ2) is 7.36. The summed E-state index contributed by atoms with van der Waals surface area (Å²) in [6.45, 7) is 11.0. The molecule has 6 nitrogen and oxygen atoms in total. The van der Waals surface area contributed by atoms with E-state index in [0.29, 0.717) is 12.6 Å². The molecule has 0 aromatic carbocycles. The molecule has 0 spiro atoms. The summed E-state index contributed by atoms with van der Waals surface area (Å²) >= 11 is 0. The molecule has 6 heteroatoms. The van der Waals surface area contributed by atoms with Crippen LogP contribution in [0.25, 0.3) is 0 Å². The Morgan fingerprint density at radius 1 is 1.30 bits per heavy atom. The number of morpholine rings is 2. The largest absolute Gasteiger partial charge is 0.379 e. The number of carbonyl (C=O) groups is 1. The molecule has 2 fully saturated rings. The second-order valence-corrected chi connectivity index (χ2v) is 5.69. The molecule has 2 saturated heterocycles. The Labute approximate surface area is 121 Å². The topological polar surface area (TPSA) is 62.8 Å². The van der Waals surface area contributed by atoms with Crippen molar-refractivity contribution >= 4 is 5.91 Å². The maximum Gasteiger partial charge on any atom is 0.240 e. The first kappa shape index (κ1) is 15.7. The second-order valence-electron chi connectivity index (χ2n) is 5.69. The molecule has 2 N–H and O–H groups in total. The van der Waals surface area contributed by atoms with Crippen molar-refractivity contribution in [3.63, 3.8) is 0 Å². The Kier molecular flexibility index (Phi) is 5.77. The van der Waals surface area contributed by atoms with Crippen molar-refractivity contribution in [3.8, 4) is 0 Å². The lowest BCUT2D eigenvalue weighted by molar-refractivity contribution is -0.130. The fourth-order valence-electron chi connectivity index (χ4n) is 2.76. The summed E-state index contributed by atoms with van der Waals surface area (Å²) in [5.74, 6) is 0.0322. The van der Waals surface area contributed by atoms with Crippen molar-refractivity contribution < 1.29 is 14.3 Å². The molecule has 0 aliphatic carbocycles. The lowest BCUT2D eigenvalue weighted by Gasteiger charge is -2.37. The van der Waals surface area contributed by atoms with E-state index in [1.165, 1.54) is 0 Å². The van der Waals surface area contributed by atoms with Gasteiger partial charge in [0.25, 0.3) is 0 Å². The van der Waals surface area contributed by atoms with Crippen molar-refractivity contribution in [3.05, 3.63) is 0 Å². The van der Waals surface area contributed by atoms with Crippen molar-refractivity contribution in [1.29, 1.82) is 0 Å². The molecule has 0 bridgehead atoms. The van der Waals surface area contributed by atoms with Crippen LogP contribution in [0.4, 0.5) is 0 Å². The molecular formula is C14H27N3O3. The van der Waals surface area contributed by atoms with E-state index in [4.69, 9.17) is 9.47 Å². The lowest BCUT2D eigenvalue weighted by atomic mass is 10.1. The Balaban J connectivity index is 1.82. The number of amides is 1. The molecule has 0 aromatic rings. The Morgan fingerprint density at radius 3 is 2.65 bits per heavy atom. The molecule has 0 radical (unpaired) electrons. The van der Waals surface area contributed by atoms with E-state index in [1.807, 2.05) is 6.92 Å². The molecule has 2 heterocycles. The summed E-state index contributed by atoms with van der Waals surface area (Å²) in [5, 5.41) is 6.33.